The molecule has 3 heterocycles. The lowest BCUT2D eigenvalue weighted by atomic mass is 10.1. The van der Waals surface area contributed by atoms with Crippen molar-refractivity contribution in [1.82, 2.24) is 19.7 Å². The van der Waals surface area contributed by atoms with Gasteiger partial charge in [0.05, 0.1) is 18.9 Å². The van der Waals surface area contributed by atoms with E-state index in [4.69, 9.17) is 0 Å². The number of aromatic nitrogens is 4. The van der Waals surface area contributed by atoms with Crippen molar-refractivity contribution in [2.75, 3.05) is 28.7 Å². The third-order valence-corrected chi connectivity index (χ3v) is 5.27. The molecule has 1 aromatic carbocycles. The van der Waals surface area contributed by atoms with Crippen molar-refractivity contribution in [2.45, 2.75) is 40.4 Å². The monoisotopic (exact) mass is 425 g/mol. The highest BCUT2D eigenvalue weighted by Crippen LogP contribution is 2.33. The molecule has 4 rings (SSSR count). The molecule has 8 nitrogen and oxygen atoms in total. The first-order valence-electron chi connectivity index (χ1n) is 9.87. The van der Waals surface area contributed by atoms with Gasteiger partial charge in [-0.1, -0.05) is 19.6 Å². The largest absolute Gasteiger partial charge is 0.350 e. The van der Waals surface area contributed by atoms with Crippen LogP contribution in [0.3, 0.4) is 0 Å². The first-order chi connectivity index (χ1) is 14.5. The van der Waals surface area contributed by atoms with Crippen LogP contribution in [0, 0.1) is 5.82 Å². The molecule has 0 fully saturated rings. The van der Waals surface area contributed by atoms with Crippen molar-refractivity contribution in [3.05, 3.63) is 59.8 Å². The summed E-state index contributed by atoms with van der Waals surface area (Å²) < 4.78 is 14.8. The van der Waals surface area contributed by atoms with Gasteiger partial charge in [0, 0.05) is 31.9 Å². The lowest BCUT2D eigenvalue weighted by Crippen LogP contribution is -2.51. The molecule has 0 saturated heterocycles. The van der Waals surface area contributed by atoms with Gasteiger partial charge in [-0.3, -0.25) is 9.48 Å². The number of fused-ring (bicyclic) bond motifs is 1. The number of amides is 1. The Morgan fingerprint density at radius 2 is 1.90 bits per heavy atom. The average molecular weight is 426 g/mol. The van der Waals surface area contributed by atoms with Crippen LogP contribution in [0.25, 0.3) is 0 Å². The number of carbonyl (C=O) groups is 1. The van der Waals surface area contributed by atoms with Gasteiger partial charge in [0.1, 0.15) is 17.5 Å². The van der Waals surface area contributed by atoms with Gasteiger partial charge in [0.25, 0.3) is 0 Å². The quantitative estimate of drug-likeness (QED) is 0.653. The second-order valence-electron chi connectivity index (χ2n) is 7.29. The Labute approximate surface area is 181 Å². The fourth-order valence-electron chi connectivity index (χ4n) is 3.58. The Bertz CT molecular complexity index is 1050. The van der Waals surface area contributed by atoms with Gasteiger partial charge in [-0.2, -0.15) is 10.1 Å². The van der Waals surface area contributed by atoms with E-state index in [1.54, 1.807) is 41.2 Å². The molecule has 0 bridgehead atoms. The summed E-state index contributed by atoms with van der Waals surface area (Å²) in [7, 11) is 1.75. The van der Waals surface area contributed by atoms with Crippen LogP contribution in [0.1, 0.15) is 32.4 Å². The van der Waals surface area contributed by atoms with E-state index in [2.05, 4.69) is 20.4 Å². The third kappa shape index (κ3) is 4.50. The van der Waals surface area contributed by atoms with Gasteiger partial charge in [0.2, 0.25) is 11.9 Å². The first-order valence-corrected chi connectivity index (χ1v) is 9.87. The van der Waals surface area contributed by atoms with Gasteiger partial charge in [0.15, 0.2) is 5.82 Å². The summed E-state index contributed by atoms with van der Waals surface area (Å²) in [4.78, 5) is 25.0. The van der Waals surface area contributed by atoms with Crippen LogP contribution < -0.4 is 15.1 Å². The number of rotatable bonds is 6. The molecule has 164 valence electrons. The Morgan fingerprint density at radius 1 is 1.16 bits per heavy atom. The van der Waals surface area contributed by atoms with Crippen LogP contribution in [-0.2, 0) is 17.9 Å². The standard InChI is InChI=1S/C21H24FN7O.CH4/c1-4-29-14(2)20(30)27(3)18-11-24-21(26-19(18)29)23-9-16-10-25-28(13-16)12-15-5-7-17(22)8-6-15;/h5-8,10-11,13-14H,4,9,12H2,1-3H3,(H,23,24,26);1H4/t14-;/m1./s1. The number of likely N-dealkylation sites (N-methyl/N-ethyl adjacent to an activating group) is 2. The summed E-state index contributed by atoms with van der Waals surface area (Å²) in [6.45, 7) is 5.65. The van der Waals surface area contributed by atoms with Gasteiger partial charge in [-0.15, -0.1) is 0 Å². The molecule has 1 amide bonds. The minimum atomic E-state index is -0.264. The molecule has 31 heavy (non-hydrogen) atoms. The van der Waals surface area contributed by atoms with Crippen LogP contribution in [0.4, 0.5) is 21.8 Å². The Balaban J connectivity index is 0.00000272. The summed E-state index contributed by atoms with van der Waals surface area (Å²) in [5.41, 5.74) is 2.66. The fraction of sp³-hybridized carbons (Fsp3) is 0.364. The number of hydrogen-bond donors (Lipinski definition) is 1. The summed E-state index contributed by atoms with van der Waals surface area (Å²) >= 11 is 0. The number of anilines is 3. The van der Waals surface area contributed by atoms with E-state index in [9.17, 15) is 9.18 Å². The molecule has 3 aromatic rings. The summed E-state index contributed by atoms with van der Waals surface area (Å²) in [6, 6.07) is 6.12. The molecule has 1 aliphatic rings. The molecule has 0 saturated carbocycles. The van der Waals surface area contributed by atoms with Gasteiger partial charge in [-0.25, -0.2) is 9.37 Å². The summed E-state index contributed by atoms with van der Waals surface area (Å²) in [5, 5.41) is 7.59. The van der Waals surface area contributed by atoms with E-state index >= 15 is 0 Å². The van der Waals surface area contributed by atoms with Gasteiger partial charge in [-0.05, 0) is 31.5 Å². The SMILES string of the molecule is C.CCN1c2nc(NCc3cnn(Cc4ccc(F)cc4)c3)ncc2N(C)C(=O)[C@H]1C. The zero-order valence-electron chi connectivity index (χ0n) is 17.2. The minimum Gasteiger partial charge on any atom is -0.350 e. The first kappa shape index (κ1) is 22.2. The molecule has 1 atom stereocenters. The lowest BCUT2D eigenvalue weighted by molar-refractivity contribution is -0.119. The third-order valence-electron chi connectivity index (χ3n) is 5.27. The van der Waals surface area contributed by atoms with Crippen LogP contribution in [0.2, 0.25) is 0 Å². The predicted molar refractivity (Wildman–Crippen MR) is 120 cm³/mol. The van der Waals surface area contributed by atoms with Crippen molar-refractivity contribution in [3.63, 3.8) is 0 Å². The maximum atomic E-state index is 13.0. The smallest absolute Gasteiger partial charge is 0.249 e. The molecule has 0 radical (unpaired) electrons. The lowest BCUT2D eigenvalue weighted by Gasteiger charge is -2.38. The summed E-state index contributed by atoms with van der Waals surface area (Å²) in [5.74, 6) is 1.02. The van der Waals surface area contributed by atoms with Crippen molar-refractivity contribution in [3.8, 4) is 0 Å². The zero-order chi connectivity index (χ0) is 21.3. The van der Waals surface area contributed by atoms with Gasteiger partial charge < -0.3 is 15.1 Å². The van der Waals surface area contributed by atoms with Crippen molar-refractivity contribution >= 4 is 23.4 Å². The number of nitrogens with one attached hydrogen (secondary N) is 1. The predicted octanol–water partition coefficient (Wildman–Crippen LogP) is 3.30. The molecule has 0 unspecified atom stereocenters. The highest BCUT2D eigenvalue weighted by atomic mass is 19.1. The number of nitrogens with zero attached hydrogens (tertiary/aromatic N) is 6. The molecule has 1 N–H and O–H groups in total. The fourth-order valence-corrected chi connectivity index (χ4v) is 3.58. The van der Waals surface area contributed by atoms with Crippen molar-refractivity contribution < 1.29 is 9.18 Å². The number of carbonyl (C=O) groups excluding carboxylic acids is 1. The summed E-state index contributed by atoms with van der Waals surface area (Å²) in [6.07, 6.45) is 5.39. The molecule has 0 spiro atoms. The van der Waals surface area contributed by atoms with E-state index in [0.29, 0.717) is 31.3 Å². The second-order valence-corrected chi connectivity index (χ2v) is 7.29. The van der Waals surface area contributed by atoms with E-state index in [1.165, 1.54) is 12.1 Å². The van der Waals surface area contributed by atoms with Crippen LogP contribution in [-0.4, -0.2) is 45.3 Å². The van der Waals surface area contributed by atoms with Crippen molar-refractivity contribution in [2.24, 2.45) is 0 Å². The van der Waals surface area contributed by atoms with Crippen LogP contribution in [0.15, 0.2) is 42.9 Å². The second kappa shape index (κ2) is 9.11. The van der Waals surface area contributed by atoms with E-state index < -0.39 is 0 Å². The van der Waals surface area contributed by atoms with Gasteiger partial charge >= 0.3 is 0 Å². The molecule has 9 heteroatoms. The maximum Gasteiger partial charge on any atom is 0.249 e. The Kier molecular flexibility index (Phi) is 6.53. The highest BCUT2D eigenvalue weighted by Gasteiger charge is 2.34. The van der Waals surface area contributed by atoms with Crippen LogP contribution in [0.5, 0.6) is 0 Å². The average Bonchev–Trinajstić information content (AvgIpc) is 3.20. The van der Waals surface area contributed by atoms with E-state index in [-0.39, 0.29) is 25.2 Å². The Morgan fingerprint density at radius 3 is 2.61 bits per heavy atom. The minimum absolute atomic E-state index is 0. The van der Waals surface area contributed by atoms with Crippen LogP contribution >= 0.6 is 0 Å². The van der Waals surface area contributed by atoms with Crippen molar-refractivity contribution in [1.29, 1.82) is 0 Å². The van der Waals surface area contributed by atoms with E-state index in [0.717, 1.165) is 16.9 Å². The normalized spacial score (nSPS) is 15.5. The number of hydrogen-bond acceptors (Lipinski definition) is 6. The molecule has 2 aromatic heterocycles. The Hall–Kier alpha value is -3.49. The maximum absolute atomic E-state index is 13.0. The highest BCUT2D eigenvalue weighted by molar-refractivity contribution is 6.04. The van der Waals surface area contributed by atoms with E-state index in [1.807, 2.05) is 24.9 Å². The molecular formula is C22H28FN7O. The molecular weight excluding hydrogens is 397 g/mol. The molecule has 0 aliphatic carbocycles. The number of halogens is 1. The zero-order valence-corrected chi connectivity index (χ0v) is 17.2. The topological polar surface area (TPSA) is 79.2 Å². The molecule has 1 aliphatic heterocycles. The number of benzene rings is 1.